The third-order valence-electron chi connectivity index (χ3n) is 6.95. The fraction of sp³-hybridized carbons (Fsp3) is 0.667. The maximum atomic E-state index is 13.2. The lowest BCUT2D eigenvalue weighted by molar-refractivity contribution is -0.134. The second-order valence-corrected chi connectivity index (χ2v) is 10.6. The molecule has 29 heavy (non-hydrogen) atoms. The van der Waals surface area contributed by atoms with Gasteiger partial charge in [0.2, 0.25) is 5.91 Å². The van der Waals surface area contributed by atoms with Crippen LogP contribution in [0.15, 0.2) is 24.3 Å². The molecule has 3 fully saturated rings. The number of hydrogen-bond acceptors (Lipinski definition) is 3. The zero-order chi connectivity index (χ0) is 20.8. The highest BCUT2D eigenvalue weighted by molar-refractivity contribution is 5.94. The van der Waals surface area contributed by atoms with Crippen LogP contribution in [0.5, 0.6) is 0 Å². The number of carbonyl (C=O) groups excluding carboxylic acids is 2. The van der Waals surface area contributed by atoms with Crippen LogP contribution in [0.1, 0.15) is 62.4 Å². The minimum Gasteiger partial charge on any atom is -0.381 e. The highest BCUT2D eigenvalue weighted by Gasteiger charge is 2.51. The Morgan fingerprint density at radius 2 is 1.90 bits per heavy atom. The number of likely N-dealkylation sites (tertiary alicyclic amines) is 1. The first-order chi connectivity index (χ1) is 13.7. The van der Waals surface area contributed by atoms with Gasteiger partial charge in [-0.25, -0.2) is 0 Å². The lowest BCUT2D eigenvalue weighted by Gasteiger charge is -2.39. The highest BCUT2D eigenvalue weighted by atomic mass is 16.5. The molecule has 3 unspecified atom stereocenters. The van der Waals surface area contributed by atoms with E-state index in [-0.39, 0.29) is 23.1 Å². The van der Waals surface area contributed by atoms with Crippen molar-refractivity contribution in [3.63, 3.8) is 0 Å². The summed E-state index contributed by atoms with van der Waals surface area (Å²) < 4.78 is 5.33. The van der Waals surface area contributed by atoms with Crippen LogP contribution in [-0.2, 0) is 16.1 Å². The first-order valence-electron chi connectivity index (χ1n) is 10.9. The molecule has 0 aromatic heterocycles. The SMILES string of the molecule is CN(Cc1ccc(C(=O)N2CC3(C)CC2CC(C)(C)C3)cc1)C(=O)C1CCOC1. The highest BCUT2D eigenvalue weighted by Crippen LogP contribution is 2.52. The van der Waals surface area contributed by atoms with Gasteiger partial charge in [0.25, 0.3) is 5.91 Å². The molecule has 0 spiro atoms. The monoisotopic (exact) mass is 398 g/mol. The van der Waals surface area contributed by atoms with Gasteiger partial charge < -0.3 is 14.5 Å². The molecule has 1 saturated carbocycles. The molecule has 2 saturated heterocycles. The molecule has 1 aliphatic carbocycles. The number of fused-ring (bicyclic) bond motifs is 2. The van der Waals surface area contributed by atoms with E-state index in [1.165, 1.54) is 6.42 Å². The smallest absolute Gasteiger partial charge is 0.254 e. The predicted molar refractivity (Wildman–Crippen MR) is 112 cm³/mol. The molecule has 2 amide bonds. The zero-order valence-corrected chi connectivity index (χ0v) is 18.2. The summed E-state index contributed by atoms with van der Waals surface area (Å²) in [5.74, 6) is 0.277. The lowest BCUT2D eigenvalue weighted by atomic mass is 9.65. The van der Waals surface area contributed by atoms with E-state index >= 15 is 0 Å². The largest absolute Gasteiger partial charge is 0.381 e. The van der Waals surface area contributed by atoms with Crippen LogP contribution >= 0.6 is 0 Å². The van der Waals surface area contributed by atoms with Crippen LogP contribution in [0.3, 0.4) is 0 Å². The molecule has 3 aliphatic rings. The summed E-state index contributed by atoms with van der Waals surface area (Å²) in [6.07, 6.45) is 4.21. The van der Waals surface area contributed by atoms with Crippen molar-refractivity contribution in [1.29, 1.82) is 0 Å². The Hall–Kier alpha value is -1.88. The Labute approximate surface area is 174 Å². The van der Waals surface area contributed by atoms with Gasteiger partial charge >= 0.3 is 0 Å². The summed E-state index contributed by atoms with van der Waals surface area (Å²) >= 11 is 0. The Morgan fingerprint density at radius 3 is 2.55 bits per heavy atom. The second-order valence-electron chi connectivity index (χ2n) is 10.6. The topological polar surface area (TPSA) is 49.9 Å². The molecule has 1 aromatic carbocycles. The van der Waals surface area contributed by atoms with E-state index in [9.17, 15) is 9.59 Å². The molecule has 5 heteroatoms. The fourth-order valence-electron chi connectivity index (χ4n) is 6.01. The van der Waals surface area contributed by atoms with Gasteiger partial charge in [0.1, 0.15) is 0 Å². The minimum atomic E-state index is -0.0130. The van der Waals surface area contributed by atoms with Gasteiger partial charge in [0.15, 0.2) is 0 Å². The Kier molecular flexibility index (Phi) is 5.22. The summed E-state index contributed by atoms with van der Waals surface area (Å²) in [4.78, 5) is 29.6. The molecule has 1 aromatic rings. The second kappa shape index (κ2) is 7.42. The molecule has 0 N–H and O–H groups in total. The molecule has 5 nitrogen and oxygen atoms in total. The maximum absolute atomic E-state index is 13.2. The molecule has 158 valence electrons. The van der Waals surface area contributed by atoms with Crippen LogP contribution in [0.2, 0.25) is 0 Å². The Morgan fingerprint density at radius 1 is 1.17 bits per heavy atom. The molecule has 0 radical (unpaired) electrons. The Balaban J connectivity index is 1.40. The van der Waals surface area contributed by atoms with E-state index in [1.54, 1.807) is 4.90 Å². The van der Waals surface area contributed by atoms with Crippen molar-refractivity contribution in [2.75, 3.05) is 26.8 Å². The van der Waals surface area contributed by atoms with E-state index in [0.717, 1.165) is 36.9 Å². The number of hydrogen-bond donors (Lipinski definition) is 0. The summed E-state index contributed by atoms with van der Waals surface area (Å²) in [5.41, 5.74) is 2.35. The average Bonchev–Trinajstić information content (AvgIpc) is 3.26. The number of amides is 2. The van der Waals surface area contributed by atoms with Gasteiger partial charge in [0, 0.05) is 38.3 Å². The number of rotatable bonds is 4. The first-order valence-corrected chi connectivity index (χ1v) is 10.9. The maximum Gasteiger partial charge on any atom is 0.254 e. The molecular formula is C24H34N2O3. The van der Waals surface area contributed by atoms with Crippen molar-refractivity contribution in [3.05, 3.63) is 35.4 Å². The summed E-state index contributed by atoms with van der Waals surface area (Å²) in [6.45, 7) is 9.62. The summed E-state index contributed by atoms with van der Waals surface area (Å²) in [6, 6.07) is 8.16. The minimum absolute atomic E-state index is 0.0130. The van der Waals surface area contributed by atoms with Gasteiger partial charge in [-0.1, -0.05) is 32.9 Å². The standard InChI is InChI=1S/C24H34N2O3/c1-23(2)11-20-12-24(3,15-23)16-26(20)22(28)18-7-5-17(6-8-18)13-25(4)21(27)19-9-10-29-14-19/h5-8,19-20H,9-16H2,1-4H3. The lowest BCUT2D eigenvalue weighted by Crippen LogP contribution is -2.37. The van der Waals surface area contributed by atoms with Gasteiger partial charge in [-0.2, -0.15) is 0 Å². The van der Waals surface area contributed by atoms with Crippen LogP contribution in [0, 0.1) is 16.7 Å². The van der Waals surface area contributed by atoms with Crippen LogP contribution < -0.4 is 0 Å². The number of benzene rings is 1. The van der Waals surface area contributed by atoms with Crippen molar-refractivity contribution in [2.45, 2.75) is 59.0 Å². The summed E-state index contributed by atoms with van der Waals surface area (Å²) in [7, 11) is 1.84. The van der Waals surface area contributed by atoms with E-state index in [0.29, 0.717) is 31.2 Å². The molecule has 2 aliphatic heterocycles. The molecule has 2 heterocycles. The average molecular weight is 399 g/mol. The van der Waals surface area contributed by atoms with Gasteiger partial charge in [-0.15, -0.1) is 0 Å². The third kappa shape index (κ3) is 4.20. The van der Waals surface area contributed by atoms with Gasteiger partial charge in [-0.3, -0.25) is 9.59 Å². The van der Waals surface area contributed by atoms with Crippen molar-refractivity contribution >= 4 is 11.8 Å². The van der Waals surface area contributed by atoms with Crippen LogP contribution in [-0.4, -0.2) is 54.5 Å². The predicted octanol–water partition coefficient (Wildman–Crippen LogP) is 3.72. The van der Waals surface area contributed by atoms with Crippen molar-refractivity contribution < 1.29 is 14.3 Å². The molecule has 4 rings (SSSR count). The van der Waals surface area contributed by atoms with Crippen molar-refractivity contribution in [1.82, 2.24) is 9.80 Å². The number of carbonyl (C=O) groups is 2. The number of ether oxygens (including phenoxy) is 1. The fourth-order valence-corrected chi connectivity index (χ4v) is 6.01. The van der Waals surface area contributed by atoms with Gasteiger partial charge in [-0.05, 0) is 54.2 Å². The van der Waals surface area contributed by atoms with E-state index in [1.807, 2.05) is 31.3 Å². The van der Waals surface area contributed by atoms with Gasteiger partial charge in [0.05, 0.1) is 12.5 Å². The zero-order valence-electron chi connectivity index (χ0n) is 18.2. The quantitative estimate of drug-likeness (QED) is 0.777. The third-order valence-corrected chi connectivity index (χ3v) is 6.95. The molecule has 2 bridgehead atoms. The van der Waals surface area contributed by atoms with Crippen LogP contribution in [0.4, 0.5) is 0 Å². The van der Waals surface area contributed by atoms with Crippen molar-refractivity contribution in [3.8, 4) is 0 Å². The number of nitrogens with zero attached hydrogens (tertiary/aromatic N) is 2. The normalized spacial score (nSPS) is 30.4. The molecular weight excluding hydrogens is 364 g/mol. The van der Waals surface area contributed by atoms with Crippen LogP contribution in [0.25, 0.3) is 0 Å². The summed E-state index contributed by atoms with van der Waals surface area (Å²) in [5, 5.41) is 0. The Bertz CT molecular complexity index is 782. The van der Waals surface area contributed by atoms with E-state index < -0.39 is 0 Å². The van der Waals surface area contributed by atoms with E-state index in [4.69, 9.17) is 4.74 Å². The van der Waals surface area contributed by atoms with E-state index in [2.05, 4.69) is 25.7 Å². The first kappa shape index (κ1) is 20.4. The van der Waals surface area contributed by atoms with Crippen molar-refractivity contribution in [2.24, 2.45) is 16.7 Å². The molecule has 3 atom stereocenters.